The summed E-state index contributed by atoms with van der Waals surface area (Å²) >= 11 is 1.55. The molecule has 11 nitrogen and oxygen atoms in total. The minimum absolute atomic E-state index is 0.128. The molecule has 1 spiro atoms. The van der Waals surface area contributed by atoms with Crippen molar-refractivity contribution in [3.8, 4) is 17.6 Å². The van der Waals surface area contributed by atoms with E-state index >= 15 is 0 Å². The Morgan fingerprint density at radius 2 is 2.00 bits per heavy atom. The van der Waals surface area contributed by atoms with E-state index < -0.39 is 11.0 Å². The first-order chi connectivity index (χ1) is 22.2. The predicted molar refractivity (Wildman–Crippen MR) is 178 cm³/mol. The third-order valence-corrected chi connectivity index (χ3v) is 12.3. The van der Waals surface area contributed by atoms with E-state index in [1.165, 1.54) is 11.3 Å². The number of thiophene rings is 1. The van der Waals surface area contributed by atoms with Crippen molar-refractivity contribution < 1.29 is 9.63 Å². The van der Waals surface area contributed by atoms with E-state index in [2.05, 4.69) is 34.4 Å². The van der Waals surface area contributed by atoms with Crippen molar-refractivity contribution in [2.45, 2.75) is 108 Å². The van der Waals surface area contributed by atoms with E-state index in [0.717, 1.165) is 111 Å². The van der Waals surface area contributed by atoms with Crippen molar-refractivity contribution in [1.82, 2.24) is 29.8 Å². The van der Waals surface area contributed by atoms with Crippen LogP contribution in [0, 0.1) is 11.3 Å². The van der Waals surface area contributed by atoms with Crippen LogP contribution in [-0.4, -0.2) is 72.7 Å². The number of aliphatic hydroxyl groups is 1. The first kappa shape index (κ1) is 29.8. The topological polar surface area (TPSA) is 146 Å². The van der Waals surface area contributed by atoms with Crippen molar-refractivity contribution in [2.24, 2.45) is 0 Å². The molecule has 6 heterocycles. The standard InChI is InChI=1S/C34H43N9O2S/c1-4-41-15-7-10-24(41)20(2)43-32-23(18-37-43)31(42-16-8-12-33(3,44)19-42)38-30(39-32)27-21-9-5-13-34(28(21)45-40-27)14-6-11-25-26(34)22(17-35)29(36)46-25/h18,20,24,44H,4-16,19,36H2,1-3H3. The molecular formula is C34H43N9O2S. The number of nitriles is 1. The fourth-order valence-corrected chi connectivity index (χ4v) is 10.3. The Morgan fingerprint density at radius 1 is 1.17 bits per heavy atom. The number of rotatable bonds is 5. The first-order valence-electron chi connectivity index (χ1n) is 17.0. The SMILES string of the molecule is CCN1CCCC1C(C)n1ncc2c(N3CCCC(C)(O)C3)nc(-c3noc4c3CCCC43CCCc4sc(N)c(C#N)c43)nc21. The van der Waals surface area contributed by atoms with Gasteiger partial charge in [0.2, 0.25) is 0 Å². The molecule has 0 radical (unpaired) electrons. The third-order valence-electron chi connectivity index (χ3n) is 11.2. The molecule has 3 N–H and O–H groups in total. The molecule has 4 aromatic rings. The van der Waals surface area contributed by atoms with Gasteiger partial charge in [0.25, 0.3) is 0 Å². The summed E-state index contributed by atoms with van der Waals surface area (Å²) in [6.07, 6.45) is 11.4. The van der Waals surface area contributed by atoms with Crippen LogP contribution in [0.2, 0.25) is 0 Å². The molecule has 2 aliphatic carbocycles. The summed E-state index contributed by atoms with van der Waals surface area (Å²) < 4.78 is 8.42. The van der Waals surface area contributed by atoms with Crippen LogP contribution in [0.5, 0.6) is 0 Å². The number of piperidine rings is 1. The van der Waals surface area contributed by atoms with Crippen LogP contribution in [0.4, 0.5) is 10.8 Å². The highest BCUT2D eigenvalue weighted by Crippen LogP contribution is 2.55. The molecule has 0 saturated carbocycles. The summed E-state index contributed by atoms with van der Waals surface area (Å²) in [5.41, 5.74) is 9.34. The molecule has 2 fully saturated rings. The largest absolute Gasteiger partial charge is 0.389 e. The summed E-state index contributed by atoms with van der Waals surface area (Å²) in [4.78, 5) is 16.4. The lowest BCUT2D eigenvalue weighted by atomic mass is 9.63. The zero-order valence-electron chi connectivity index (χ0n) is 27.1. The van der Waals surface area contributed by atoms with Gasteiger partial charge in [-0.05, 0) is 96.7 Å². The van der Waals surface area contributed by atoms with Crippen molar-refractivity contribution in [2.75, 3.05) is 36.8 Å². The highest BCUT2D eigenvalue weighted by molar-refractivity contribution is 7.16. The van der Waals surface area contributed by atoms with Gasteiger partial charge >= 0.3 is 0 Å². The maximum Gasteiger partial charge on any atom is 0.186 e. The van der Waals surface area contributed by atoms with Gasteiger partial charge in [-0.15, -0.1) is 11.3 Å². The molecule has 242 valence electrons. The van der Waals surface area contributed by atoms with Gasteiger partial charge in [-0.3, -0.25) is 4.90 Å². The highest BCUT2D eigenvalue weighted by Gasteiger charge is 2.49. The lowest BCUT2D eigenvalue weighted by molar-refractivity contribution is 0.0448. The van der Waals surface area contributed by atoms with Crippen molar-refractivity contribution in [3.05, 3.63) is 33.5 Å². The van der Waals surface area contributed by atoms with E-state index in [4.69, 9.17) is 30.5 Å². The predicted octanol–water partition coefficient (Wildman–Crippen LogP) is 5.35. The molecule has 4 unspecified atom stereocenters. The molecule has 4 atom stereocenters. The fourth-order valence-electron chi connectivity index (χ4n) is 9.13. The van der Waals surface area contributed by atoms with Gasteiger partial charge < -0.3 is 20.3 Å². The monoisotopic (exact) mass is 641 g/mol. The Labute approximate surface area is 273 Å². The van der Waals surface area contributed by atoms with Crippen LogP contribution in [-0.2, 0) is 18.3 Å². The number of nitrogens with two attached hydrogens (primary N) is 1. The number of fused-ring (bicyclic) bond motifs is 5. The molecule has 2 saturated heterocycles. The van der Waals surface area contributed by atoms with E-state index in [1.807, 2.05) is 13.1 Å². The molecule has 4 aromatic heterocycles. The van der Waals surface area contributed by atoms with E-state index in [1.54, 1.807) is 11.3 Å². The number of β-amino-alcohol motifs (C(OH)–C–C–N with tert-alkyl or cyclic N) is 1. The van der Waals surface area contributed by atoms with Gasteiger partial charge in [0, 0.05) is 29.6 Å². The number of aryl methyl sites for hydroxylation is 1. The van der Waals surface area contributed by atoms with E-state index in [9.17, 15) is 10.4 Å². The molecule has 0 aromatic carbocycles. The number of anilines is 2. The minimum atomic E-state index is -0.802. The van der Waals surface area contributed by atoms with E-state index in [-0.39, 0.29) is 6.04 Å². The number of likely N-dealkylation sites (N-methyl/N-ethyl adjacent to an activating group) is 1. The Balaban J connectivity index is 1.29. The summed E-state index contributed by atoms with van der Waals surface area (Å²) in [5, 5.41) is 32.4. The van der Waals surface area contributed by atoms with Crippen molar-refractivity contribution >= 4 is 33.2 Å². The van der Waals surface area contributed by atoms with Gasteiger partial charge in [0.05, 0.1) is 34.2 Å². The summed E-state index contributed by atoms with van der Waals surface area (Å²) in [7, 11) is 0. The lowest BCUT2D eigenvalue weighted by Gasteiger charge is -2.39. The van der Waals surface area contributed by atoms with Crippen LogP contribution >= 0.6 is 11.3 Å². The third kappa shape index (κ3) is 4.49. The smallest absolute Gasteiger partial charge is 0.186 e. The summed E-state index contributed by atoms with van der Waals surface area (Å²) in [6.45, 7) is 9.80. The maximum absolute atomic E-state index is 11.1. The molecule has 0 bridgehead atoms. The molecule has 0 amide bonds. The number of nitrogens with zero attached hydrogens (tertiary/aromatic N) is 8. The van der Waals surface area contributed by atoms with Gasteiger partial charge in [-0.2, -0.15) is 10.4 Å². The summed E-state index contributed by atoms with van der Waals surface area (Å²) in [5.74, 6) is 2.17. The van der Waals surface area contributed by atoms with Crippen LogP contribution in [0.3, 0.4) is 0 Å². The number of aromatic nitrogens is 5. The van der Waals surface area contributed by atoms with Gasteiger partial charge in [0.15, 0.2) is 22.9 Å². The zero-order valence-corrected chi connectivity index (χ0v) is 27.9. The molecule has 12 heteroatoms. The quantitative estimate of drug-likeness (QED) is 0.292. The van der Waals surface area contributed by atoms with Gasteiger partial charge in [0.1, 0.15) is 16.9 Å². The second-order valence-electron chi connectivity index (χ2n) is 14.2. The normalized spacial score (nSPS) is 27.2. The van der Waals surface area contributed by atoms with Crippen LogP contribution in [0.15, 0.2) is 10.7 Å². The fraction of sp³-hybridized carbons (Fsp3) is 0.618. The molecule has 2 aliphatic heterocycles. The molecule has 8 rings (SSSR count). The number of nitrogen functional groups attached to an aromatic ring is 1. The Kier molecular flexibility index (Phi) is 7.16. The van der Waals surface area contributed by atoms with Crippen molar-refractivity contribution in [3.63, 3.8) is 0 Å². The highest BCUT2D eigenvalue weighted by atomic mass is 32.1. The average Bonchev–Trinajstić information content (AvgIpc) is 3.84. The molecular weight excluding hydrogens is 599 g/mol. The van der Waals surface area contributed by atoms with Gasteiger partial charge in [-0.1, -0.05) is 12.1 Å². The summed E-state index contributed by atoms with van der Waals surface area (Å²) in [6, 6.07) is 2.93. The van der Waals surface area contributed by atoms with Crippen LogP contribution in [0.1, 0.15) is 106 Å². The Hall–Kier alpha value is -3.53. The van der Waals surface area contributed by atoms with Crippen molar-refractivity contribution in [1.29, 1.82) is 5.26 Å². The van der Waals surface area contributed by atoms with Crippen LogP contribution < -0.4 is 10.6 Å². The number of hydrogen-bond donors (Lipinski definition) is 2. The van der Waals surface area contributed by atoms with E-state index in [0.29, 0.717) is 34.7 Å². The molecule has 4 aliphatic rings. The lowest BCUT2D eigenvalue weighted by Crippen LogP contribution is -2.46. The second kappa shape index (κ2) is 11.0. The zero-order chi connectivity index (χ0) is 31.8. The number of hydrogen-bond acceptors (Lipinski definition) is 11. The average molecular weight is 642 g/mol. The number of likely N-dealkylation sites (tertiary alicyclic amines) is 1. The Bertz CT molecular complexity index is 1850. The van der Waals surface area contributed by atoms with Gasteiger partial charge in [-0.25, -0.2) is 14.6 Å². The Morgan fingerprint density at radius 3 is 2.78 bits per heavy atom. The van der Waals surface area contributed by atoms with Crippen LogP contribution in [0.25, 0.3) is 22.6 Å². The first-order valence-corrected chi connectivity index (χ1v) is 17.8. The minimum Gasteiger partial charge on any atom is -0.389 e. The second-order valence-corrected chi connectivity index (χ2v) is 15.3. The maximum atomic E-state index is 11.1. The molecule has 46 heavy (non-hydrogen) atoms.